The van der Waals surface area contributed by atoms with E-state index < -0.39 is 0 Å². The molecule has 0 aliphatic carbocycles. The van der Waals surface area contributed by atoms with Gasteiger partial charge in [-0.25, -0.2) is 0 Å². The SMILES string of the molecule is c1ccc2c(c1)cnc1c2ccc2ccc3c4ccccc4cnc3c21. The lowest BCUT2D eigenvalue weighted by Gasteiger charge is -2.10. The van der Waals surface area contributed by atoms with Crippen LogP contribution >= 0.6 is 0 Å². The van der Waals surface area contributed by atoms with Crippen molar-refractivity contribution in [1.29, 1.82) is 0 Å². The van der Waals surface area contributed by atoms with Crippen LogP contribution in [-0.2, 0) is 0 Å². The molecule has 0 N–H and O–H groups in total. The highest BCUT2D eigenvalue weighted by atomic mass is 14.7. The Morgan fingerprint density at radius 3 is 1.46 bits per heavy atom. The summed E-state index contributed by atoms with van der Waals surface area (Å²) >= 11 is 0. The average Bonchev–Trinajstić information content (AvgIpc) is 2.72. The molecular weight excluding hydrogens is 316 g/mol. The fraction of sp³-hybridized carbons (Fsp3) is 0. The first-order chi connectivity index (χ1) is 12.9. The van der Waals surface area contributed by atoms with Crippen molar-refractivity contribution in [2.24, 2.45) is 0 Å². The minimum Gasteiger partial charge on any atom is -0.255 e. The number of aromatic nitrogens is 2. The molecule has 0 saturated heterocycles. The smallest absolute Gasteiger partial charge is 0.0808 e. The summed E-state index contributed by atoms with van der Waals surface area (Å²) in [5, 5.41) is 9.47. The van der Waals surface area contributed by atoms with Gasteiger partial charge in [0, 0.05) is 39.3 Å². The third-order valence-electron chi connectivity index (χ3n) is 5.30. The second-order valence-corrected chi connectivity index (χ2v) is 6.71. The zero-order chi connectivity index (χ0) is 17.1. The van der Waals surface area contributed by atoms with E-state index in [1.807, 2.05) is 12.4 Å². The topological polar surface area (TPSA) is 25.8 Å². The molecule has 6 rings (SSSR count). The summed E-state index contributed by atoms with van der Waals surface area (Å²) in [4.78, 5) is 9.66. The van der Waals surface area contributed by atoms with Crippen molar-refractivity contribution in [3.05, 3.63) is 85.2 Å². The Labute approximate surface area is 149 Å². The van der Waals surface area contributed by atoms with E-state index in [1.165, 1.54) is 26.9 Å². The van der Waals surface area contributed by atoms with Crippen molar-refractivity contribution in [2.45, 2.75) is 0 Å². The van der Waals surface area contributed by atoms with Gasteiger partial charge in [0.25, 0.3) is 0 Å². The number of rotatable bonds is 0. The molecule has 26 heavy (non-hydrogen) atoms. The third-order valence-corrected chi connectivity index (χ3v) is 5.30. The summed E-state index contributed by atoms with van der Waals surface area (Å²) < 4.78 is 0. The van der Waals surface area contributed by atoms with E-state index in [4.69, 9.17) is 9.97 Å². The number of benzene rings is 4. The zero-order valence-electron chi connectivity index (χ0n) is 14.0. The van der Waals surface area contributed by atoms with Gasteiger partial charge in [0.1, 0.15) is 0 Å². The highest BCUT2D eigenvalue weighted by Crippen LogP contribution is 2.35. The van der Waals surface area contributed by atoms with Gasteiger partial charge in [-0.2, -0.15) is 0 Å². The Balaban J connectivity index is 1.90. The lowest BCUT2D eigenvalue weighted by Crippen LogP contribution is -1.88. The van der Waals surface area contributed by atoms with Crippen LogP contribution < -0.4 is 0 Å². The summed E-state index contributed by atoms with van der Waals surface area (Å²) in [6.07, 6.45) is 3.94. The molecule has 2 aromatic heterocycles. The van der Waals surface area contributed by atoms with Crippen molar-refractivity contribution >= 4 is 54.1 Å². The van der Waals surface area contributed by atoms with Crippen LogP contribution in [0.5, 0.6) is 0 Å². The number of nitrogens with zero attached hydrogens (tertiary/aromatic N) is 2. The summed E-state index contributed by atoms with van der Waals surface area (Å²) in [6, 6.07) is 25.6. The first kappa shape index (κ1) is 13.7. The Bertz CT molecular complexity index is 1370. The molecule has 0 amide bonds. The molecule has 120 valence electrons. The van der Waals surface area contributed by atoms with Crippen LogP contribution in [0.4, 0.5) is 0 Å². The fourth-order valence-electron chi connectivity index (χ4n) is 4.06. The number of fused-ring (bicyclic) bond motifs is 9. The van der Waals surface area contributed by atoms with Gasteiger partial charge in [0.15, 0.2) is 0 Å². The Kier molecular flexibility index (Phi) is 2.64. The molecule has 6 aromatic rings. The number of hydrogen-bond acceptors (Lipinski definition) is 2. The Hall–Kier alpha value is -3.52. The van der Waals surface area contributed by atoms with E-state index in [0.717, 1.165) is 27.2 Å². The standard InChI is InChI=1S/C24H14N2/c1-3-7-18-16(5-1)13-25-23-20(18)11-9-15-10-12-21-19-8-4-2-6-17(19)14-26-24(21)22(15)23/h1-14H. The monoisotopic (exact) mass is 330 g/mol. The normalized spacial score (nSPS) is 11.8. The molecule has 0 unspecified atom stereocenters. The fourth-order valence-corrected chi connectivity index (χ4v) is 4.06. The van der Waals surface area contributed by atoms with Gasteiger partial charge in [0.2, 0.25) is 0 Å². The maximum absolute atomic E-state index is 4.83. The molecule has 0 radical (unpaired) electrons. The predicted molar refractivity (Wildman–Crippen MR) is 110 cm³/mol. The van der Waals surface area contributed by atoms with Crippen LogP contribution in [0.2, 0.25) is 0 Å². The Morgan fingerprint density at radius 1 is 0.423 bits per heavy atom. The van der Waals surface area contributed by atoms with E-state index >= 15 is 0 Å². The molecule has 0 atom stereocenters. The molecule has 0 aliphatic rings. The quantitative estimate of drug-likeness (QED) is 0.308. The molecule has 0 aliphatic heterocycles. The van der Waals surface area contributed by atoms with Gasteiger partial charge in [-0.3, -0.25) is 9.97 Å². The van der Waals surface area contributed by atoms with Crippen LogP contribution in [0.1, 0.15) is 0 Å². The van der Waals surface area contributed by atoms with Gasteiger partial charge in [-0.15, -0.1) is 0 Å². The maximum atomic E-state index is 4.83. The highest BCUT2D eigenvalue weighted by molar-refractivity contribution is 6.24. The zero-order valence-corrected chi connectivity index (χ0v) is 14.0. The molecule has 4 aromatic carbocycles. The largest absolute Gasteiger partial charge is 0.255 e. The van der Waals surface area contributed by atoms with E-state index in [2.05, 4.69) is 72.8 Å². The Morgan fingerprint density at radius 2 is 0.923 bits per heavy atom. The van der Waals surface area contributed by atoms with Crippen molar-refractivity contribution < 1.29 is 0 Å². The highest BCUT2D eigenvalue weighted by Gasteiger charge is 2.11. The minimum absolute atomic E-state index is 1.02. The predicted octanol–water partition coefficient (Wildman–Crippen LogP) is 6.24. The van der Waals surface area contributed by atoms with Crippen LogP contribution in [0, 0.1) is 0 Å². The molecule has 0 saturated carbocycles. The minimum atomic E-state index is 1.02. The van der Waals surface area contributed by atoms with Crippen LogP contribution in [-0.4, -0.2) is 9.97 Å². The lowest BCUT2D eigenvalue weighted by molar-refractivity contribution is 1.44. The van der Waals surface area contributed by atoms with Gasteiger partial charge in [-0.05, 0) is 16.2 Å². The maximum Gasteiger partial charge on any atom is 0.0808 e. The molecule has 0 bridgehead atoms. The summed E-state index contributed by atoms with van der Waals surface area (Å²) in [5.41, 5.74) is 2.05. The van der Waals surface area contributed by atoms with Crippen molar-refractivity contribution in [1.82, 2.24) is 9.97 Å². The van der Waals surface area contributed by atoms with Gasteiger partial charge < -0.3 is 0 Å². The van der Waals surface area contributed by atoms with Gasteiger partial charge in [-0.1, -0.05) is 72.8 Å². The molecule has 0 spiro atoms. The molecule has 0 fully saturated rings. The van der Waals surface area contributed by atoms with E-state index in [0.29, 0.717) is 0 Å². The molecule has 2 heteroatoms. The summed E-state index contributed by atoms with van der Waals surface area (Å²) in [7, 11) is 0. The summed E-state index contributed by atoms with van der Waals surface area (Å²) in [5.74, 6) is 0. The van der Waals surface area contributed by atoms with Crippen LogP contribution in [0.15, 0.2) is 85.2 Å². The lowest BCUT2D eigenvalue weighted by atomic mass is 9.98. The first-order valence-corrected chi connectivity index (χ1v) is 8.77. The average molecular weight is 330 g/mol. The van der Waals surface area contributed by atoms with Crippen LogP contribution in [0.25, 0.3) is 54.1 Å². The number of hydrogen-bond donors (Lipinski definition) is 0. The second-order valence-electron chi connectivity index (χ2n) is 6.71. The van der Waals surface area contributed by atoms with E-state index in [1.54, 1.807) is 0 Å². The van der Waals surface area contributed by atoms with Crippen molar-refractivity contribution in [2.75, 3.05) is 0 Å². The van der Waals surface area contributed by atoms with Crippen molar-refractivity contribution in [3.8, 4) is 0 Å². The van der Waals surface area contributed by atoms with E-state index in [-0.39, 0.29) is 0 Å². The first-order valence-electron chi connectivity index (χ1n) is 8.77. The van der Waals surface area contributed by atoms with E-state index in [9.17, 15) is 0 Å². The molecule has 2 heterocycles. The second kappa shape index (κ2) is 4.99. The number of pyridine rings is 2. The van der Waals surface area contributed by atoms with Gasteiger partial charge >= 0.3 is 0 Å². The molecular formula is C24H14N2. The summed E-state index contributed by atoms with van der Waals surface area (Å²) in [6.45, 7) is 0. The van der Waals surface area contributed by atoms with Crippen LogP contribution in [0.3, 0.4) is 0 Å². The molecule has 2 nitrogen and oxygen atoms in total. The van der Waals surface area contributed by atoms with Crippen molar-refractivity contribution in [3.63, 3.8) is 0 Å². The third kappa shape index (κ3) is 1.76. The van der Waals surface area contributed by atoms with Gasteiger partial charge in [0.05, 0.1) is 11.0 Å².